The molecule has 2 amide bonds. The summed E-state index contributed by atoms with van der Waals surface area (Å²) in [6.07, 6.45) is 0.700. The molecule has 0 unspecified atom stereocenters. The number of pyridine rings is 1. The summed E-state index contributed by atoms with van der Waals surface area (Å²) in [5, 5.41) is 14.5. The van der Waals surface area contributed by atoms with Gasteiger partial charge in [-0.05, 0) is 40.3 Å². The second-order valence-electron chi connectivity index (χ2n) is 8.75. The number of rotatable bonds is 8. The van der Waals surface area contributed by atoms with E-state index in [-0.39, 0.29) is 30.6 Å². The zero-order valence-corrected chi connectivity index (χ0v) is 19.5. The summed E-state index contributed by atoms with van der Waals surface area (Å²) in [4.78, 5) is 40.6. The van der Waals surface area contributed by atoms with Crippen LogP contribution in [0, 0.1) is 5.92 Å². The predicted molar refractivity (Wildman–Crippen MR) is 130 cm³/mol. The third-order valence-corrected chi connectivity index (χ3v) is 6.07. The number of hydrogen-bond donors (Lipinski definition) is 3. The average Bonchev–Trinajstić information content (AvgIpc) is 3.18. The molecule has 1 aliphatic rings. The van der Waals surface area contributed by atoms with Crippen molar-refractivity contribution in [3.63, 3.8) is 0 Å². The second-order valence-corrected chi connectivity index (χ2v) is 8.75. The second kappa shape index (κ2) is 10.4. The van der Waals surface area contributed by atoms with E-state index in [9.17, 15) is 14.4 Å². The first kappa shape index (κ1) is 23.9. The van der Waals surface area contributed by atoms with Crippen molar-refractivity contribution in [1.82, 2.24) is 15.6 Å². The summed E-state index contributed by atoms with van der Waals surface area (Å²) < 4.78 is 5.57. The van der Waals surface area contributed by atoms with E-state index in [0.717, 1.165) is 22.3 Å². The number of fused-ring (bicyclic) bond motifs is 3. The number of carbonyl (C=O) groups is 3. The Bertz CT molecular complexity index is 1210. The minimum absolute atomic E-state index is 0.0372. The number of carbonyl (C=O) groups excluding carboxylic acids is 2. The van der Waals surface area contributed by atoms with Crippen LogP contribution in [0.25, 0.3) is 11.1 Å². The van der Waals surface area contributed by atoms with Crippen molar-refractivity contribution >= 4 is 18.0 Å². The van der Waals surface area contributed by atoms with E-state index in [1.54, 1.807) is 0 Å². The van der Waals surface area contributed by atoms with Crippen LogP contribution in [0.2, 0.25) is 0 Å². The van der Waals surface area contributed by atoms with Gasteiger partial charge in [-0.15, -0.1) is 0 Å². The van der Waals surface area contributed by atoms with E-state index >= 15 is 0 Å². The van der Waals surface area contributed by atoms with Gasteiger partial charge >= 0.3 is 12.1 Å². The summed E-state index contributed by atoms with van der Waals surface area (Å²) in [6, 6.07) is 18.1. The largest absolute Gasteiger partial charge is 0.478 e. The molecule has 8 nitrogen and oxygen atoms in total. The van der Waals surface area contributed by atoms with E-state index in [4.69, 9.17) is 9.84 Å². The quantitative estimate of drug-likeness (QED) is 0.456. The maximum absolute atomic E-state index is 12.8. The van der Waals surface area contributed by atoms with Gasteiger partial charge in [-0.3, -0.25) is 9.78 Å². The van der Waals surface area contributed by atoms with Crippen molar-refractivity contribution in [2.75, 3.05) is 6.61 Å². The Hall–Kier alpha value is -4.20. The molecule has 0 fully saturated rings. The maximum Gasteiger partial charge on any atom is 0.407 e. The third kappa shape index (κ3) is 5.32. The monoisotopic (exact) mass is 473 g/mol. The molecule has 8 heteroatoms. The molecule has 0 aliphatic heterocycles. The van der Waals surface area contributed by atoms with Crippen LogP contribution in [0.5, 0.6) is 0 Å². The number of nitrogens with zero attached hydrogens (tertiary/aromatic N) is 1. The molecular weight excluding hydrogens is 446 g/mol. The molecule has 1 aliphatic carbocycles. The fraction of sp³-hybridized carbons (Fsp3) is 0.259. The lowest BCUT2D eigenvalue weighted by molar-refractivity contribution is -0.124. The van der Waals surface area contributed by atoms with Gasteiger partial charge in [0.2, 0.25) is 5.91 Å². The average molecular weight is 474 g/mol. The van der Waals surface area contributed by atoms with Crippen molar-refractivity contribution < 1.29 is 24.2 Å². The molecule has 0 radical (unpaired) electrons. The van der Waals surface area contributed by atoms with Crippen LogP contribution in [0.15, 0.2) is 66.9 Å². The highest BCUT2D eigenvalue weighted by Gasteiger charge is 2.30. The van der Waals surface area contributed by atoms with Crippen LogP contribution in [0.3, 0.4) is 0 Å². The number of aromatic nitrogens is 1. The van der Waals surface area contributed by atoms with Crippen molar-refractivity contribution in [3.05, 3.63) is 89.2 Å². The Morgan fingerprint density at radius 2 is 1.63 bits per heavy atom. The van der Waals surface area contributed by atoms with Gasteiger partial charge in [-0.2, -0.15) is 0 Å². The Morgan fingerprint density at radius 3 is 2.23 bits per heavy atom. The molecule has 3 N–H and O–H groups in total. The number of benzene rings is 2. The van der Waals surface area contributed by atoms with Crippen molar-refractivity contribution in [3.8, 4) is 11.1 Å². The smallest absolute Gasteiger partial charge is 0.407 e. The Kier molecular flexibility index (Phi) is 7.10. The highest BCUT2D eigenvalue weighted by atomic mass is 16.5. The van der Waals surface area contributed by atoms with E-state index in [1.807, 2.05) is 50.2 Å². The predicted octanol–water partition coefficient (Wildman–Crippen LogP) is 3.96. The number of carboxylic acids is 1. The van der Waals surface area contributed by atoms with Crippen LogP contribution in [0.4, 0.5) is 4.79 Å². The molecule has 0 bridgehead atoms. The number of aromatic carboxylic acids is 1. The van der Waals surface area contributed by atoms with Crippen LogP contribution in [-0.4, -0.2) is 40.7 Å². The first-order valence-electron chi connectivity index (χ1n) is 11.4. The fourth-order valence-corrected chi connectivity index (χ4v) is 4.30. The molecule has 0 spiro atoms. The Morgan fingerprint density at radius 1 is 1.00 bits per heavy atom. The van der Waals surface area contributed by atoms with Gasteiger partial charge in [0, 0.05) is 12.1 Å². The number of ether oxygens (including phenoxy) is 1. The number of alkyl carbamates (subject to hydrolysis) is 1. The molecule has 0 saturated heterocycles. The molecule has 0 saturated carbocycles. The Labute approximate surface area is 203 Å². The number of nitrogens with one attached hydrogen (secondary N) is 2. The lowest BCUT2D eigenvalue weighted by atomic mass is 9.98. The molecular formula is C27H27N3O5. The highest BCUT2D eigenvalue weighted by Crippen LogP contribution is 2.44. The van der Waals surface area contributed by atoms with Crippen molar-refractivity contribution in [2.24, 2.45) is 5.92 Å². The first-order valence-corrected chi connectivity index (χ1v) is 11.4. The normalized spacial score (nSPS) is 13.0. The van der Waals surface area contributed by atoms with Gasteiger partial charge in [-0.1, -0.05) is 62.4 Å². The summed E-state index contributed by atoms with van der Waals surface area (Å²) >= 11 is 0. The molecule has 3 aromatic rings. The van der Waals surface area contributed by atoms with E-state index < -0.39 is 24.0 Å². The molecule has 35 heavy (non-hydrogen) atoms. The van der Waals surface area contributed by atoms with Gasteiger partial charge in [0.25, 0.3) is 0 Å². The first-order chi connectivity index (χ1) is 16.8. The topological polar surface area (TPSA) is 118 Å². The van der Waals surface area contributed by atoms with Gasteiger partial charge < -0.3 is 20.5 Å². The molecule has 180 valence electrons. The van der Waals surface area contributed by atoms with Gasteiger partial charge in [0.1, 0.15) is 12.6 Å². The van der Waals surface area contributed by atoms with E-state index in [2.05, 4.69) is 27.8 Å². The molecule has 1 aromatic heterocycles. The van der Waals surface area contributed by atoms with Crippen molar-refractivity contribution in [2.45, 2.75) is 32.4 Å². The Balaban J connectivity index is 1.37. The highest BCUT2D eigenvalue weighted by molar-refractivity contribution is 5.88. The molecule has 4 rings (SSSR count). The van der Waals surface area contributed by atoms with Crippen LogP contribution in [0.1, 0.15) is 46.9 Å². The van der Waals surface area contributed by atoms with Gasteiger partial charge in [0.15, 0.2) is 0 Å². The lowest BCUT2D eigenvalue weighted by Crippen LogP contribution is -2.49. The fourth-order valence-electron chi connectivity index (χ4n) is 4.30. The lowest BCUT2D eigenvalue weighted by Gasteiger charge is -2.22. The van der Waals surface area contributed by atoms with Gasteiger partial charge in [0.05, 0.1) is 17.8 Å². The number of hydrogen-bond acceptors (Lipinski definition) is 5. The summed E-state index contributed by atoms with van der Waals surface area (Å²) in [6.45, 7) is 3.82. The summed E-state index contributed by atoms with van der Waals surface area (Å²) in [5.74, 6) is -1.76. The van der Waals surface area contributed by atoms with Crippen LogP contribution >= 0.6 is 0 Å². The third-order valence-electron chi connectivity index (χ3n) is 6.07. The standard InChI is InChI=1S/C27H27N3O5/c1-16(2)24(25(31)29-14-18-13-17(26(32)33)11-12-28-18)30-27(34)35-15-23-21-9-5-3-7-19(21)20-8-4-6-10-22(20)23/h3-13,16,23-24H,14-15H2,1-2H3,(H,29,31)(H,30,34)(H,32,33)/t24-/m0/s1. The zero-order valence-electron chi connectivity index (χ0n) is 19.5. The van der Waals surface area contributed by atoms with Crippen molar-refractivity contribution in [1.29, 1.82) is 0 Å². The zero-order chi connectivity index (χ0) is 24.9. The maximum atomic E-state index is 12.8. The molecule has 1 heterocycles. The van der Waals surface area contributed by atoms with Crippen LogP contribution in [-0.2, 0) is 16.1 Å². The van der Waals surface area contributed by atoms with Gasteiger partial charge in [-0.25, -0.2) is 9.59 Å². The SMILES string of the molecule is CC(C)[C@H](NC(=O)OCC1c2ccccc2-c2ccccc21)C(=O)NCc1cc(C(=O)O)ccn1. The number of amides is 2. The number of carboxylic acid groups (broad SMARTS) is 1. The minimum atomic E-state index is -1.07. The van der Waals surface area contributed by atoms with E-state index in [1.165, 1.54) is 18.3 Å². The summed E-state index contributed by atoms with van der Waals surface area (Å²) in [7, 11) is 0. The minimum Gasteiger partial charge on any atom is -0.478 e. The molecule has 2 aromatic carbocycles. The summed E-state index contributed by atoms with van der Waals surface area (Å²) in [5.41, 5.74) is 4.98. The molecule has 1 atom stereocenters. The van der Waals surface area contributed by atoms with Crippen LogP contribution < -0.4 is 10.6 Å². The van der Waals surface area contributed by atoms with E-state index in [0.29, 0.717) is 5.69 Å².